The second-order valence-corrected chi connectivity index (χ2v) is 5.73. The molecule has 0 spiro atoms. The number of nitrogens with zero attached hydrogens (tertiary/aromatic N) is 2. The number of rotatable bonds is 5. The highest BCUT2D eigenvalue weighted by molar-refractivity contribution is 7.84. The Morgan fingerprint density at radius 1 is 1.59 bits per heavy atom. The minimum atomic E-state index is -2.38. The molecule has 0 aliphatic rings. The average Bonchev–Trinajstić information content (AvgIpc) is 2.47. The molecule has 22 heavy (non-hydrogen) atoms. The monoisotopic (exact) mass is 325 g/mol. The zero-order chi connectivity index (χ0) is 16.9. The highest BCUT2D eigenvalue weighted by Crippen LogP contribution is 2.17. The summed E-state index contributed by atoms with van der Waals surface area (Å²) in [7, 11) is -1.49. The van der Waals surface area contributed by atoms with Crippen molar-refractivity contribution in [2.75, 3.05) is 18.2 Å². The molecule has 0 bridgehead atoms. The van der Waals surface area contributed by atoms with Crippen LogP contribution in [0.2, 0.25) is 0 Å². The van der Waals surface area contributed by atoms with Gasteiger partial charge < -0.3 is 15.2 Å². The molecule has 1 heterocycles. The molecule has 2 N–H and O–H groups in total. The van der Waals surface area contributed by atoms with Gasteiger partial charge in [-0.3, -0.25) is 9.00 Å². The second kappa shape index (κ2) is 7.11. The van der Waals surface area contributed by atoms with E-state index < -0.39 is 28.3 Å². The van der Waals surface area contributed by atoms with E-state index in [1.165, 1.54) is 12.3 Å². The smallest absolute Gasteiger partial charge is 0.347 e. The number of hydrogen-bond donors (Lipinski definition) is 2. The van der Waals surface area contributed by atoms with Crippen LogP contribution < -0.4 is 5.32 Å². The van der Waals surface area contributed by atoms with E-state index in [1.807, 2.05) is 0 Å². The average molecular weight is 325 g/mol. The van der Waals surface area contributed by atoms with Gasteiger partial charge >= 0.3 is 5.97 Å². The van der Waals surface area contributed by atoms with Crippen molar-refractivity contribution < 1.29 is 23.6 Å². The Morgan fingerprint density at radius 3 is 2.73 bits per heavy atom. The molecular weight excluding hydrogens is 310 g/mol. The fourth-order valence-corrected chi connectivity index (χ4v) is 2.10. The first kappa shape index (κ1) is 17.7. The van der Waals surface area contributed by atoms with E-state index in [0.717, 1.165) is 13.1 Å². The number of nitrogens with one attached hydrogen (secondary N) is 1. The molecule has 1 rings (SSSR count). The Hall–Kier alpha value is -2.31. The molecule has 8 nitrogen and oxygen atoms in total. The number of esters is 1. The molecule has 1 amide bonds. The predicted octanol–water partition coefficient (Wildman–Crippen LogP) is -0.0567. The molecule has 1 aromatic heterocycles. The van der Waals surface area contributed by atoms with Gasteiger partial charge in [0.15, 0.2) is 5.69 Å². The lowest BCUT2D eigenvalue weighted by Crippen LogP contribution is -2.48. The van der Waals surface area contributed by atoms with E-state index in [-0.39, 0.29) is 22.9 Å². The topological polar surface area (TPSA) is 129 Å². The van der Waals surface area contributed by atoms with Crippen molar-refractivity contribution in [2.45, 2.75) is 24.3 Å². The minimum absolute atomic E-state index is 0.0135. The van der Waals surface area contributed by atoms with Crippen LogP contribution in [0.4, 0.5) is 5.69 Å². The molecule has 0 saturated carbocycles. The number of ether oxygens (including phenoxy) is 1. The molecule has 0 radical (unpaired) electrons. The van der Waals surface area contributed by atoms with Gasteiger partial charge in [0.25, 0.3) is 5.91 Å². The summed E-state index contributed by atoms with van der Waals surface area (Å²) < 4.78 is 16.1. The van der Waals surface area contributed by atoms with Crippen LogP contribution in [0.15, 0.2) is 17.2 Å². The standard InChI is InChI=1S/C13H15N3O5S/c1-4-21-12(18)13(2,19)11(17)16-8-5-10(22(3)20)9(6-14)15-7-8/h5,7,19H,4H2,1-3H3,(H,16,17). The SMILES string of the molecule is CCOC(=O)C(C)(O)C(=O)Nc1cnc(C#N)c(S(C)=O)c1. The van der Waals surface area contributed by atoms with Gasteiger partial charge in [-0.05, 0) is 19.9 Å². The number of nitriles is 1. The van der Waals surface area contributed by atoms with Crippen LogP contribution in [0.3, 0.4) is 0 Å². The summed E-state index contributed by atoms with van der Waals surface area (Å²) in [6.45, 7) is 2.55. The quantitative estimate of drug-likeness (QED) is 0.573. The summed E-state index contributed by atoms with van der Waals surface area (Å²) in [4.78, 5) is 27.4. The molecule has 0 aliphatic carbocycles. The molecular formula is C13H15N3O5S. The first-order valence-corrected chi connectivity index (χ1v) is 7.74. The Morgan fingerprint density at radius 2 is 2.23 bits per heavy atom. The number of hydrogen-bond acceptors (Lipinski definition) is 7. The third-order valence-electron chi connectivity index (χ3n) is 2.64. The molecule has 2 atom stereocenters. The molecule has 118 valence electrons. The third kappa shape index (κ3) is 3.87. The van der Waals surface area contributed by atoms with Crippen LogP contribution in [0.5, 0.6) is 0 Å². The van der Waals surface area contributed by atoms with Crippen molar-refractivity contribution >= 4 is 28.4 Å². The lowest BCUT2D eigenvalue weighted by Gasteiger charge is -2.20. The Bertz CT molecular complexity index is 666. The van der Waals surface area contributed by atoms with Crippen LogP contribution in [0.1, 0.15) is 19.5 Å². The van der Waals surface area contributed by atoms with Crippen molar-refractivity contribution in [3.63, 3.8) is 0 Å². The zero-order valence-electron chi connectivity index (χ0n) is 12.2. The van der Waals surface area contributed by atoms with E-state index >= 15 is 0 Å². The van der Waals surface area contributed by atoms with Gasteiger partial charge in [-0.25, -0.2) is 9.78 Å². The first-order chi connectivity index (χ1) is 10.2. The molecule has 0 saturated heterocycles. The highest BCUT2D eigenvalue weighted by Gasteiger charge is 2.40. The van der Waals surface area contributed by atoms with Gasteiger partial charge in [-0.1, -0.05) is 0 Å². The number of aliphatic hydroxyl groups is 1. The molecule has 0 aliphatic heterocycles. The molecule has 9 heteroatoms. The Labute approximate surface area is 129 Å². The van der Waals surface area contributed by atoms with Crippen molar-refractivity contribution in [2.24, 2.45) is 0 Å². The van der Waals surface area contributed by atoms with Crippen LogP contribution in [-0.2, 0) is 25.1 Å². The van der Waals surface area contributed by atoms with Crippen LogP contribution in [-0.4, -0.2) is 44.6 Å². The first-order valence-electron chi connectivity index (χ1n) is 6.18. The van der Waals surface area contributed by atoms with Gasteiger partial charge in [-0.15, -0.1) is 0 Å². The minimum Gasteiger partial charge on any atom is -0.463 e. The lowest BCUT2D eigenvalue weighted by molar-refractivity contribution is -0.167. The summed E-state index contributed by atoms with van der Waals surface area (Å²) in [6.07, 6.45) is 2.52. The van der Waals surface area contributed by atoms with E-state index in [4.69, 9.17) is 5.26 Å². The maximum Gasteiger partial charge on any atom is 0.347 e. The normalized spacial score (nSPS) is 14.3. The molecule has 1 aromatic rings. The lowest BCUT2D eigenvalue weighted by atomic mass is 10.1. The summed E-state index contributed by atoms with van der Waals surface area (Å²) in [5, 5.41) is 21.0. The predicted molar refractivity (Wildman–Crippen MR) is 77.2 cm³/mol. The molecule has 2 unspecified atom stereocenters. The number of carbonyl (C=O) groups excluding carboxylic acids is 2. The summed E-state index contributed by atoms with van der Waals surface area (Å²) >= 11 is 0. The summed E-state index contributed by atoms with van der Waals surface area (Å²) in [6, 6.07) is 3.07. The van der Waals surface area contributed by atoms with E-state index in [0.29, 0.717) is 0 Å². The van der Waals surface area contributed by atoms with Gasteiger partial charge in [0.1, 0.15) is 6.07 Å². The van der Waals surface area contributed by atoms with Gasteiger partial charge in [0.05, 0.1) is 34.2 Å². The maximum absolute atomic E-state index is 12.0. The molecule has 0 fully saturated rings. The van der Waals surface area contributed by atoms with Crippen molar-refractivity contribution in [1.82, 2.24) is 4.98 Å². The van der Waals surface area contributed by atoms with Gasteiger partial charge in [-0.2, -0.15) is 5.26 Å². The van der Waals surface area contributed by atoms with Crippen molar-refractivity contribution in [3.05, 3.63) is 18.0 Å². The zero-order valence-corrected chi connectivity index (χ0v) is 13.1. The van der Waals surface area contributed by atoms with Crippen molar-refractivity contribution in [3.8, 4) is 6.07 Å². The molecule has 0 aromatic carbocycles. The van der Waals surface area contributed by atoms with E-state index in [9.17, 15) is 18.9 Å². The van der Waals surface area contributed by atoms with Crippen molar-refractivity contribution in [1.29, 1.82) is 5.26 Å². The summed E-state index contributed by atoms with van der Waals surface area (Å²) in [5.74, 6) is -2.11. The fraction of sp³-hybridized carbons (Fsp3) is 0.385. The number of amides is 1. The fourth-order valence-electron chi connectivity index (χ4n) is 1.43. The number of anilines is 1. The van der Waals surface area contributed by atoms with Crippen LogP contribution >= 0.6 is 0 Å². The van der Waals surface area contributed by atoms with E-state index in [1.54, 1.807) is 13.0 Å². The Kier molecular flexibility index (Phi) is 5.73. The van der Waals surface area contributed by atoms with Gasteiger partial charge in [0, 0.05) is 6.26 Å². The highest BCUT2D eigenvalue weighted by atomic mass is 32.2. The summed E-state index contributed by atoms with van der Waals surface area (Å²) in [5.41, 5.74) is -2.31. The maximum atomic E-state index is 12.0. The number of pyridine rings is 1. The van der Waals surface area contributed by atoms with Crippen LogP contribution in [0.25, 0.3) is 0 Å². The van der Waals surface area contributed by atoms with E-state index in [2.05, 4.69) is 15.0 Å². The van der Waals surface area contributed by atoms with Crippen LogP contribution in [0, 0.1) is 11.3 Å². The third-order valence-corrected chi connectivity index (χ3v) is 3.57. The largest absolute Gasteiger partial charge is 0.463 e. The second-order valence-electron chi connectivity index (χ2n) is 4.38. The number of carbonyl (C=O) groups is 2. The number of aromatic nitrogens is 1. The Balaban J connectivity index is 3.03. The van der Waals surface area contributed by atoms with Gasteiger partial charge in [0.2, 0.25) is 5.60 Å².